The molecule has 1 fully saturated rings. The molecule has 1 aliphatic carbocycles. The first-order valence-electron chi connectivity index (χ1n) is 7.01. The van der Waals surface area contributed by atoms with Crippen LogP contribution >= 0.6 is 0 Å². The number of fused-ring (bicyclic) bond motifs is 1. The van der Waals surface area contributed by atoms with Crippen molar-refractivity contribution in [1.29, 1.82) is 0 Å². The summed E-state index contributed by atoms with van der Waals surface area (Å²) in [7, 11) is 0. The number of nitrogens with one attached hydrogen (secondary N) is 1. The van der Waals surface area contributed by atoms with E-state index in [1.54, 1.807) is 0 Å². The van der Waals surface area contributed by atoms with Crippen LogP contribution in [0, 0.1) is 5.92 Å². The maximum Gasteiger partial charge on any atom is 0.322 e. The van der Waals surface area contributed by atoms with Crippen molar-refractivity contribution in [3.63, 3.8) is 0 Å². The van der Waals surface area contributed by atoms with Crippen LogP contribution in [0.2, 0.25) is 0 Å². The molecule has 1 saturated carbocycles. The van der Waals surface area contributed by atoms with E-state index in [1.165, 1.54) is 30.5 Å². The number of carboxylic acids is 1. The summed E-state index contributed by atoms with van der Waals surface area (Å²) in [5.41, 5.74) is 3.64. The zero-order chi connectivity index (χ0) is 13.2. The van der Waals surface area contributed by atoms with Crippen LogP contribution in [0.3, 0.4) is 0 Å². The summed E-state index contributed by atoms with van der Waals surface area (Å²) >= 11 is 0. The van der Waals surface area contributed by atoms with Gasteiger partial charge in [-0.2, -0.15) is 0 Å². The van der Waals surface area contributed by atoms with Gasteiger partial charge in [0.1, 0.15) is 6.54 Å². The number of aliphatic carboxylic acids is 1. The standard InChI is InChI=1S/C15H20N2O2/c18-15(19)8-16-14-3-1-2-12-6-7-17(10-13(12)14)9-11-4-5-11/h1-3,11,16H,4-10H2,(H,18,19). The van der Waals surface area contributed by atoms with E-state index in [0.717, 1.165) is 31.1 Å². The van der Waals surface area contributed by atoms with Gasteiger partial charge in [0.2, 0.25) is 0 Å². The summed E-state index contributed by atoms with van der Waals surface area (Å²) in [5.74, 6) is 0.0870. The molecule has 0 spiro atoms. The summed E-state index contributed by atoms with van der Waals surface area (Å²) in [5, 5.41) is 11.8. The molecule has 1 aromatic rings. The van der Waals surface area contributed by atoms with E-state index in [9.17, 15) is 4.79 Å². The summed E-state index contributed by atoms with van der Waals surface area (Å²) in [6, 6.07) is 6.16. The van der Waals surface area contributed by atoms with Gasteiger partial charge < -0.3 is 10.4 Å². The SMILES string of the molecule is O=C(O)CNc1cccc2c1CN(CC1CC1)CC2. The molecule has 0 aromatic heterocycles. The molecule has 0 bridgehead atoms. The van der Waals surface area contributed by atoms with Crippen LogP contribution in [-0.2, 0) is 17.8 Å². The highest BCUT2D eigenvalue weighted by atomic mass is 16.4. The quantitative estimate of drug-likeness (QED) is 0.849. The number of benzene rings is 1. The second-order valence-corrected chi connectivity index (χ2v) is 5.62. The van der Waals surface area contributed by atoms with E-state index in [2.05, 4.69) is 16.3 Å². The third kappa shape index (κ3) is 3.07. The fourth-order valence-corrected chi connectivity index (χ4v) is 2.79. The minimum Gasteiger partial charge on any atom is -0.480 e. The van der Waals surface area contributed by atoms with E-state index in [4.69, 9.17) is 5.11 Å². The largest absolute Gasteiger partial charge is 0.480 e. The van der Waals surface area contributed by atoms with Crippen molar-refractivity contribution >= 4 is 11.7 Å². The molecule has 1 heterocycles. The molecule has 3 rings (SSSR count). The number of carbonyl (C=O) groups is 1. The van der Waals surface area contributed by atoms with Crippen LogP contribution < -0.4 is 5.32 Å². The van der Waals surface area contributed by atoms with Gasteiger partial charge in [0.15, 0.2) is 0 Å². The van der Waals surface area contributed by atoms with Crippen molar-refractivity contribution in [3.05, 3.63) is 29.3 Å². The first kappa shape index (κ1) is 12.5. The third-order valence-corrected chi connectivity index (χ3v) is 4.00. The van der Waals surface area contributed by atoms with Crippen LogP contribution in [-0.4, -0.2) is 35.6 Å². The maximum atomic E-state index is 10.7. The molecule has 1 aromatic carbocycles. The molecule has 0 atom stereocenters. The lowest BCUT2D eigenvalue weighted by atomic mass is 9.97. The average Bonchev–Trinajstić information content (AvgIpc) is 3.20. The van der Waals surface area contributed by atoms with Crippen LogP contribution in [0.1, 0.15) is 24.0 Å². The van der Waals surface area contributed by atoms with Gasteiger partial charge in [-0.25, -0.2) is 0 Å². The highest BCUT2D eigenvalue weighted by Gasteiger charge is 2.27. The Labute approximate surface area is 113 Å². The van der Waals surface area contributed by atoms with Crippen molar-refractivity contribution in [1.82, 2.24) is 4.90 Å². The van der Waals surface area contributed by atoms with Gasteiger partial charge >= 0.3 is 5.97 Å². The Balaban J connectivity index is 1.73. The first-order valence-corrected chi connectivity index (χ1v) is 7.01. The minimum atomic E-state index is -0.816. The van der Waals surface area contributed by atoms with E-state index in [0.29, 0.717) is 0 Å². The van der Waals surface area contributed by atoms with E-state index < -0.39 is 5.97 Å². The van der Waals surface area contributed by atoms with Crippen LogP contribution in [0.25, 0.3) is 0 Å². The molecule has 2 N–H and O–H groups in total. The zero-order valence-corrected chi connectivity index (χ0v) is 11.1. The Morgan fingerprint density at radius 3 is 3.00 bits per heavy atom. The lowest BCUT2D eigenvalue weighted by Gasteiger charge is -2.30. The summed E-state index contributed by atoms with van der Waals surface area (Å²) in [6.45, 7) is 3.27. The Morgan fingerprint density at radius 1 is 1.42 bits per heavy atom. The number of carboxylic acid groups (broad SMARTS) is 1. The normalized spacial score (nSPS) is 18.9. The lowest BCUT2D eigenvalue weighted by Crippen LogP contribution is -2.33. The number of nitrogens with zero attached hydrogens (tertiary/aromatic N) is 1. The summed E-state index contributed by atoms with van der Waals surface area (Å²) < 4.78 is 0. The first-order chi connectivity index (χ1) is 9.22. The van der Waals surface area contributed by atoms with Gasteiger partial charge in [0.05, 0.1) is 0 Å². The monoisotopic (exact) mass is 260 g/mol. The Kier molecular flexibility index (Phi) is 3.42. The maximum absolute atomic E-state index is 10.7. The Hall–Kier alpha value is -1.55. The molecule has 4 heteroatoms. The molecule has 1 aliphatic heterocycles. The van der Waals surface area contributed by atoms with Crippen molar-refractivity contribution in [2.45, 2.75) is 25.8 Å². The van der Waals surface area contributed by atoms with Gasteiger partial charge in [0.25, 0.3) is 0 Å². The van der Waals surface area contributed by atoms with Crippen LogP contribution in [0.5, 0.6) is 0 Å². The number of hydrogen-bond donors (Lipinski definition) is 2. The molecule has 19 heavy (non-hydrogen) atoms. The molecule has 102 valence electrons. The topological polar surface area (TPSA) is 52.6 Å². The number of rotatable bonds is 5. The van der Waals surface area contributed by atoms with Crippen molar-refractivity contribution < 1.29 is 9.90 Å². The van der Waals surface area contributed by atoms with Crippen LogP contribution in [0.4, 0.5) is 5.69 Å². The fourth-order valence-electron chi connectivity index (χ4n) is 2.79. The molecule has 2 aliphatic rings. The Bertz CT molecular complexity index is 483. The minimum absolute atomic E-state index is 0.0148. The van der Waals surface area contributed by atoms with Gasteiger partial charge in [0, 0.05) is 25.3 Å². The smallest absolute Gasteiger partial charge is 0.322 e. The molecular formula is C15H20N2O2. The molecule has 0 radical (unpaired) electrons. The summed E-state index contributed by atoms with van der Waals surface area (Å²) in [4.78, 5) is 13.2. The molecular weight excluding hydrogens is 240 g/mol. The van der Waals surface area contributed by atoms with Crippen molar-refractivity contribution in [3.8, 4) is 0 Å². The molecule has 0 unspecified atom stereocenters. The zero-order valence-electron chi connectivity index (χ0n) is 11.1. The van der Waals surface area contributed by atoms with Crippen molar-refractivity contribution in [2.75, 3.05) is 25.0 Å². The summed E-state index contributed by atoms with van der Waals surface area (Å²) in [6.07, 6.45) is 3.83. The van der Waals surface area contributed by atoms with Gasteiger partial charge in [-0.15, -0.1) is 0 Å². The highest BCUT2D eigenvalue weighted by molar-refractivity contribution is 5.73. The van der Waals surface area contributed by atoms with E-state index >= 15 is 0 Å². The fraction of sp³-hybridized carbons (Fsp3) is 0.533. The third-order valence-electron chi connectivity index (χ3n) is 4.00. The van der Waals surface area contributed by atoms with Crippen molar-refractivity contribution in [2.24, 2.45) is 5.92 Å². The van der Waals surface area contributed by atoms with Gasteiger partial charge in [-0.1, -0.05) is 12.1 Å². The molecule has 4 nitrogen and oxygen atoms in total. The lowest BCUT2D eigenvalue weighted by molar-refractivity contribution is -0.134. The number of hydrogen-bond acceptors (Lipinski definition) is 3. The molecule has 0 saturated heterocycles. The van der Waals surface area contributed by atoms with Gasteiger partial charge in [-0.05, 0) is 42.4 Å². The van der Waals surface area contributed by atoms with Crippen LogP contribution in [0.15, 0.2) is 18.2 Å². The predicted octanol–water partition coefficient (Wildman–Crippen LogP) is 1.95. The van der Waals surface area contributed by atoms with Gasteiger partial charge in [-0.3, -0.25) is 9.69 Å². The highest BCUT2D eigenvalue weighted by Crippen LogP contribution is 2.33. The number of anilines is 1. The second kappa shape index (κ2) is 5.21. The van der Waals surface area contributed by atoms with E-state index in [1.807, 2.05) is 12.1 Å². The average molecular weight is 260 g/mol. The Morgan fingerprint density at radius 2 is 2.26 bits per heavy atom. The second-order valence-electron chi connectivity index (χ2n) is 5.62. The van der Waals surface area contributed by atoms with E-state index in [-0.39, 0.29) is 6.54 Å². The predicted molar refractivity (Wildman–Crippen MR) is 74.3 cm³/mol. The molecule has 0 amide bonds.